The lowest BCUT2D eigenvalue weighted by molar-refractivity contribution is -0.286. The van der Waals surface area contributed by atoms with Gasteiger partial charge in [-0.2, -0.15) is 26.3 Å². The van der Waals surface area contributed by atoms with Crippen molar-refractivity contribution in [1.82, 2.24) is 0 Å². The molecule has 0 aliphatic heterocycles. The van der Waals surface area contributed by atoms with E-state index >= 15 is 0 Å². The van der Waals surface area contributed by atoms with E-state index in [1.807, 2.05) is 0 Å². The number of ether oxygens (including phenoxy) is 2. The molecule has 124 valence electrons. The third-order valence-corrected chi connectivity index (χ3v) is 2.29. The first-order chi connectivity index (χ1) is 9.50. The molecule has 0 saturated heterocycles. The number of carbonyl (C=O) groups is 1. The molecule has 10 heteroatoms. The summed E-state index contributed by atoms with van der Waals surface area (Å²) in [6.45, 7) is 3.09. The van der Waals surface area contributed by atoms with Gasteiger partial charge in [0.1, 0.15) is 12.6 Å². The van der Waals surface area contributed by atoms with Crippen molar-refractivity contribution in [2.45, 2.75) is 24.8 Å². The molecule has 21 heavy (non-hydrogen) atoms. The Kier molecular flexibility index (Phi) is 7.72. The topological polar surface area (TPSA) is 61.5 Å². The monoisotopic (exact) mass is 323 g/mol. The van der Waals surface area contributed by atoms with Crippen LogP contribution in [0.5, 0.6) is 0 Å². The minimum absolute atomic E-state index is 0.0769. The second-order valence-corrected chi connectivity index (χ2v) is 4.01. The van der Waals surface area contributed by atoms with Crippen LogP contribution in [0.2, 0.25) is 0 Å². The number of esters is 1. The fourth-order valence-electron chi connectivity index (χ4n) is 1.28. The predicted octanol–water partition coefficient (Wildman–Crippen LogP) is 2.19. The van der Waals surface area contributed by atoms with Gasteiger partial charge >= 0.3 is 18.3 Å². The highest BCUT2D eigenvalue weighted by Crippen LogP contribution is 2.41. The van der Waals surface area contributed by atoms with Gasteiger partial charge < -0.3 is 15.2 Å². The largest absolute Gasteiger partial charge is 0.462 e. The van der Waals surface area contributed by atoms with Gasteiger partial charge in [-0.25, -0.2) is 0 Å². The second kappa shape index (κ2) is 8.23. The van der Waals surface area contributed by atoms with E-state index in [2.05, 4.69) is 11.3 Å². The Labute approximate surface area is 116 Å². The van der Waals surface area contributed by atoms with Crippen molar-refractivity contribution < 1.29 is 40.6 Å². The molecular formula is C11H15F6NO3. The van der Waals surface area contributed by atoms with E-state index in [1.165, 1.54) is 6.08 Å². The highest BCUT2D eigenvalue weighted by Gasteiger charge is 2.57. The summed E-state index contributed by atoms with van der Waals surface area (Å²) in [5, 5.41) is 0. The number of alkyl halides is 6. The standard InChI is InChI=1S/C11H15F6NO3/c1-2-3-20-4-5-21-9(19)7(18)6-8(10(12,13)14)11(15,16)17/h2,7-8H,1,3-6,18H2. The van der Waals surface area contributed by atoms with Gasteiger partial charge in [0, 0.05) is 0 Å². The fraction of sp³-hybridized carbons (Fsp3) is 0.727. The van der Waals surface area contributed by atoms with E-state index in [1.54, 1.807) is 0 Å². The first-order valence-electron chi connectivity index (χ1n) is 5.74. The van der Waals surface area contributed by atoms with Crippen LogP contribution in [0.15, 0.2) is 12.7 Å². The first kappa shape index (κ1) is 19.7. The van der Waals surface area contributed by atoms with E-state index in [0.717, 1.165) is 0 Å². The molecule has 0 spiro atoms. The van der Waals surface area contributed by atoms with E-state index in [9.17, 15) is 31.1 Å². The van der Waals surface area contributed by atoms with Crippen molar-refractivity contribution in [2.75, 3.05) is 19.8 Å². The number of halogens is 6. The molecule has 0 aromatic carbocycles. The first-order valence-corrected chi connectivity index (χ1v) is 5.74. The molecule has 0 saturated carbocycles. The van der Waals surface area contributed by atoms with Crippen LogP contribution in [-0.2, 0) is 14.3 Å². The fourth-order valence-corrected chi connectivity index (χ4v) is 1.28. The Morgan fingerprint density at radius 2 is 1.67 bits per heavy atom. The Bertz CT molecular complexity index is 328. The Balaban J connectivity index is 4.39. The van der Waals surface area contributed by atoms with Crippen LogP contribution in [-0.4, -0.2) is 44.2 Å². The summed E-state index contributed by atoms with van der Waals surface area (Å²) in [5.74, 6) is -5.03. The average Bonchev–Trinajstić information content (AvgIpc) is 2.32. The summed E-state index contributed by atoms with van der Waals surface area (Å²) in [4.78, 5) is 11.2. The van der Waals surface area contributed by atoms with Crippen molar-refractivity contribution in [1.29, 1.82) is 0 Å². The molecule has 0 aromatic rings. The van der Waals surface area contributed by atoms with Gasteiger partial charge in [0.05, 0.1) is 13.2 Å². The lowest BCUT2D eigenvalue weighted by Gasteiger charge is -2.24. The summed E-state index contributed by atoms with van der Waals surface area (Å²) < 4.78 is 82.9. The number of hydrogen-bond acceptors (Lipinski definition) is 4. The van der Waals surface area contributed by atoms with E-state index in [4.69, 9.17) is 10.5 Å². The summed E-state index contributed by atoms with van der Waals surface area (Å²) in [6, 6.07) is -2.03. The zero-order chi connectivity index (χ0) is 16.7. The molecule has 0 bridgehead atoms. The zero-order valence-corrected chi connectivity index (χ0v) is 10.8. The Morgan fingerprint density at radius 1 is 1.14 bits per heavy atom. The van der Waals surface area contributed by atoms with Gasteiger partial charge in [0.2, 0.25) is 0 Å². The van der Waals surface area contributed by atoms with Crippen LogP contribution in [0.1, 0.15) is 6.42 Å². The molecular weight excluding hydrogens is 308 g/mol. The van der Waals surface area contributed by atoms with Gasteiger partial charge in [0.15, 0.2) is 5.92 Å². The Morgan fingerprint density at radius 3 is 2.10 bits per heavy atom. The molecule has 0 heterocycles. The van der Waals surface area contributed by atoms with E-state index in [0.29, 0.717) is 0 Å². The molecule has 0 fully saturated rings. The van der Waals surface area contributed by atoms with Crippen molar-refractivity contribution >= 4 is 5.97 Å². The molecule has 0 aliphatic rings. The quantitative estimate of drug-likeness (QED) is 0.322. The predicted molar refractivity (Wildman–Crippen MR) is 60.2 cm³/mol. The van der Waals surface area contributed by atoms with E-state index < -0.39 is 36.7 Å². The smallest absolute Gasteiger partial charge is 0.400 e. The number of rotatable bonds is 8. The molecule has 2 N–H and O–H groups in total. The molecule has 1 atom stereocenters. The minimum Gasteiger partial charge on any atom is -0.462 e. The minimum atomic E-state index is -5.54. The molecule has 1 unspecified atom stereocenters. The molecule has 0 rings (SSSR count). The highest BCUT2D eigenvalue weighted by atomic mass is 19.4. The van der Waals surface area contributed by atoms with Crippen LogP contribution >= 0.6 is 0 Å². The highest BCUT2D eigenvalue weighted by molar-refractivity contribution is 5.75. The summed E-state index contributed by atoms with van der Waals surface area (Å²) >= 11 is 0. The van der Waals surface area contributed by atoms with Crippen LogP contribution in [0.25, 0.3) is 0 Å². The van der Waals surface area contributed by atoms with Crippen LogP contribution in [0.3, 0.4) is 0 Å². The number of nitrogens with two attached hydrogens (primary N) is 1. The van der Waals surface area contributed by atoms with Crippen molar-refractivity contribution in [3.8, 4) is 0 Å². The average molecular weight is 323 g/mol. The zero-order valence-electron chi connectivity index (χ0n) is 10.8. The molecule has 0 radical (unpaired) electrons. The molecule has 0 aliphatic carbocycles. The third-order valence-electron chi connectivity index (χ3n) is 2.29. The normalized spacial score (nSPS) is 14.1. The third kappa shape index (κ3) is 7.90. The maximum Gasteiger partial charge on any atom is 0.400 e. The second-order valence-electron chi connectivity index (χ2n) is 4.01. The van der Waals surface area contributed by atoms with Crippen molar-refractivity contribution in [3.05, 3.63) is 12.7 Å². The SMILES string of the molecule is C=CCOCCOC(=O)C(N)CC(C(F)(F)F)C(F)(F)F. The van der Waals surface area contributed by atoms with Gasteiger partial charge in [-0.15, -0.1) is 6.58 Å². The maximum absolute atomic E-state index is 12.3. The van der Waals surface area contributed by atoms with Crippen molar-refractivity contribution in [2.24, 2.45) is 11.7 Å². The van der Waals surface area contributed by atoms with Gasteiger partial charge in [-0.3, -0.25) is 4.79 Å². The lowest BCUT2D eigenvalue weighted by Crippen LogP contribution is -2.44. The van der Waals surface area contributed by atoms with Gasteiger partial charge in [-0.05, 0) is 6.42 Å². The lowest BCUT2D eigenvalue weighted by atomic mass is 9.99. The maximum atomic E-state index is 12.3. The summed E-state index contributed by atoms with van der Waals surface area (Å²) in [6.07, 6.45) is -11.3. The van der Waals surface area contributed by atoms with Gasteiger partial charge in [0.25, 0.3) is 0 Å². The summed E-state index contributed by atoms with van der Waals surface area (Å²) in [7, 11) is 0. The summed E-state index contributed by atoms with van der Waals surface area (Å²) in [5.41, 5.74) is 5.02. The van der Waals surface area contributed by atoms with Crippen LogP contribution < -0.4 is 5.73 Å². The van der Waals surface area contributed by atoms with E-state index in [-0.39, 0.29) is 19.8 Å². The van der Waals surface area contributed by atoms with Crippen LogP contribution in [0.4, 0.5) is 26.3 Å². The Hall–Kier alpha value is -1.29. The molecule has 0 amide bonds. The molecule has 4 nitrogen and oxygen atoms in total. The number of carbonyl (C=O) groups excluding carboxylic acids is 1. The number of hydrogen-bond donors (Lipinski definition) is 1. The van der Waals surface area contributed by atoms with Crippen molar-refractivity contribution in [3.63, 3.8) is 0 Å². The molecule has 0 aromatic heterocycles. The van der Waals surface area contributed by atoms with Crippen LogP contribution in [0, 0.1) is 5.92 Å². The van der Waals surface area contributed by atoms with Gasteiger partial charge in [-0.1, -0.05) is 6.08 Å².